The van der Waals surface area contributed by atoms with Crippen LogP contribution in [0.2, 0.25) is 0 Å². The minimum Gasteiger partial charge on any atom is -0.481 e. The van der Waals surface area contributed by atoms with Gasteiger partial charge in [0.05, 0.1) is 24.3 Å². The molecule has 0 aliphatic heterocycles. The Balaban J connectivity index is 0.00000456. The van der Waals surface area contributed by atoms with Gasteiger partial charge in [-0.1, -0.05) is 30.3 Å². The van der Waals surface area contributed by atoms with E-state index in [4.69, 9.17) is 10.1 Å². The number of carbonyl (C=O) groups is 2. The molecule has 1 radical (unpaired) electrons. The Morgan fingerprint density at radius 1 is 1.06 bits per heavy atom. The third-order valence-electron chi connectivity index (χ3n) is 5.63. The van der Waals surface area contributed by atoms with Gasteiger partial charge in [0.1, 0.15) is 0 Å². The predicted molar refractivity (Wildman–Crippen MR) is 136 cm³/mol. The van der Waals surface area contributed by atoms with Gasteiger partial charge in [0.2, 0.25) is 0 Å². The topological polar surface area (TPSA) is 138 Å². The Hall–Kier alpha value is -2.56. The average Bonchev–Trinajstić information content (AvgIpc) is 3.22. The van der Waals surface area contributed by atoms with Crippen molar-refractivity contribution in [3.8, 4) is 11.3 Å². The maximum atomic E-state index is 13.2. The fraction of sp³-hybridized carbons (Fsp3) is 0.385. The van der Waals surface area contributed by atoms with Crippen molar-refractivity contribution in [1.82, 2.24) is 19.9 Å². The first-order valence-electron chi connectivity index (χ1n) is 11.7. The number of nitrogens with zero attached hydrogens (tertiary/aromatic N) is 3. The van der Waals surface area contributed by atoms with E-state index in [0.717, 1.165) is 16.8 Å². The molecular formula is C26H32N4NaO5. The van der Waals surface area contributed by atoms with Gasteiger partial charge in [-0.05, 0) is 50.8 Å². The Kier molecular flexibility index (Phi) is 11.7. The zero-order valence-electron chi connectivity index (χ0n) is 21.0. The number of aliphatic hydroxyl groups is 2. The van der Waals surface area contributed by atoms with Gasteiger partial charge in [0.15, 0.2) is 5.82 Å². The molecule has 1 aromatic carbocycles. The molecule has 0 bridgehead atoms. The Bertz CT molecular complexity index is 1120. The predicted octanol–water partition coefficient (Wildman–Crippen LogP) is 2.59. The van der Waals surface area contributed by atoms with Crippen LogP contribution < -0.4 is 5.32 Å². The Morgan fingerprint density at radius 2 is 1.78 bits per heavy atom. The van der Waals surface area contributed by atoms with Gasteiger partial charge >= 0.3 is 5.97 Å². The van der Waals surface area contributed by atoms with E-state index in [1.165, 1.54) is 0 Å². The molecule has 9 nitrogen and oxygen atoms in total. The van der Waals surface area contributed by atoms with E-state index in [2.05, 4.69) is 10.3 Å². The molecule has 2 aromatic heterocycles. The second-order valence-corrected chi connectivity index (χ2v) is 8.78. The van der Waals surface area contributed by atoms with Crippen LogP contribution in [-0.2, 0) is 17.8 Å². The number of hydrogen-bond donors (Lipinski definition) is 4. The summed E-state index contributed by atoms with van der Waals surface area (Å²) in [7, 11) is 0. The molecule has 3 rings (SSSR count). The fourth-order valence-electron chi connectivity index (χ4n) is 4.03. The fourth-order valence-corrected chi connectivity index (χ4v) is 4.03. The molecule has 10 heteroatoms. The first-order chi connectivity index (χ1) is 16.8. The summed E-state index contributed by atoms with van der Waals surface area (Å²) >= 11 is 0. The molecule has 0 spiro atoms. The first kappa shape index (κ1) is 29.7. The van der Waals surface area contributed by atoms with Crippen LogP contribution >= 0.6 is 0 Å². The average molecular weight is 504 g/mol. The molecule has 36 heavy (non-hydrogen) atoms. The van der Waals surface area contributed by atoms with Crippen LogP contribution in [0.1, 0.15) is 61.0 Å². The van der Waals surface area contributed by atoms with Crippen LogP contribution in [0.25, 0.3) is 11.3 Å². The van der Waals surface area contributed by atoms with Crippen LogP contribution in [-0.4, -0.2) is 83.5 Å². The molecule has 4 N–H and O–H groups in total. The standard InChI is InChI=1S/C26H32N4O5.Na/c1-17(2)30-22(11-10-20(31)13-21(32)14-23(33)34)24(19-9-6-12-27-16-19)29-25(30)26(35)28-15-18-7-4-3-5-8-18;/h3-9,12,16-17,20-21,31-32H,10-11,13-15H2,1-2H3,(H,28,35)(H,33,34);/t20-,21-;/m1./s1. The SMILES string of the molecule is CC(C)n1c(C(=O)NCc2ccccc2)nc(-c2cccnc2)c1CC[C@@H](O)C[C@@H](O)CC(=O)O.[Na]. The number of hydrogen-bond acceptors (Lipinski definition) is 6. The summed E-state index contributed by atoms with van der Waals surface area (Å²) in [5, 5.41) is 32.1. The minimum atomic E-state index is -1.13. The number of aliphatic carboxylic acids is 1. The second-order valence-electron chi connectivity index (χ2n) is 8.78. The number of aliphatic hydroxyl groups excluding tert-OH is 2. The van der Waals surface area contributed by atoms with E-state index in [1.807, 2.05) is 54.8 Å². The molecule has 2 heterocycles. The van der Waals surface area contributed by atoms with E-state index in [9.17, 15) is 19.8 Å². The van der Waals surface area contributed by atoms with Gasteiger partial charge < -0.3 is 25.2 Å². The molecule has 0 aliphatic carbocycles. The number of benzene rings is 1. The van der Waals surface area contributed by atoms with Crippen LogP contribution in [0.15, 0.2) is 54.9 Å². The van der Waals surface area contributed by atoms with Crippen molar-refractivity contribution in [3.63, 3.8) is 0 Å². The van der Waals surface area contributed by atoms with Gasteiger partial charge in [-0.3, -0.25) is 14.6 Å². The van der Waals surface area contributed by atoms with Crippen molar-refractivity contribution in [2.75, 3.05) is 0 Å². The van der Waals surface area contributed by atoms with E-state index in [-0.39, 0.29) is 60.2 Å². The maximum absolute atomic E-state index is 13.2. The van der Waals surface area contributed by atoms with Crippen molar-refractivity contribution in [3.05, 3.63) is 71.9 Å². The molecule has 0 fully saturated rings. The maximum Gasteiger partial charge on any atom is 0.305 e. The van der Waals surface area contributed by atoms with Crippen molar-refractivity contribution in [2.45, 2.75) is 64.3 Å². The van der Waals surface area contributed by atoms with E-state index >= 15 is 0 Å². The first-order valence-corrected chi connectivity index (χ1v) is 11.7. The number of carboxylic acids is 1. The summed E-state index contributed by atoms with van der Waals surface area (Å²) in [6.45, 7) is 4.28. The minimum absolute atomic E-state index is 0. The van der Waals surface area contributed by atoms with E-state index in [1.54, 1.807) is 18.5 Å². The van der Waals surface area contributed by atoms with Crippen LogP contribution in [0, 0.1) is 0 Å². The number of amides is 1. The number of aromatic nitrogens is 3. The number of rotatable bonds is 12. The van der Waals surface area contributed by atoms with Crippen molar-refractivity contribution >= 4 is 41.4 Å². The molecule has 1 amide bonds. The summed E-state index contributed by atoms with van der Waals surface area (Å²) in [6.07, 6.45) is 1.48. The van der Waals surface area contributed by atoms with Crippen molar-refractivity contribution < 1.29 is 24.9 Å². The van der Waals surface area contributed by atoms with Crippen molar-refractivity contribution in [2.24, 2.45) is 0 Å². The summed E-state index contributed by atoms with van der Waals surface area (Å²) in [6, 6.07) is 13.2. The van der Waals surface area contributed by atoms with Gasteiger partial charge in [-0.2, -0.15) is 0 Å². The monoisotopic (exact) mass is 503 g/mol. The number of carboxylic acid groups (broad SMARTS) is 1. The molecular weight excluding hydrogens is 471 g/mol. The van der Waals surface area contributed by atoms with Crippen molar-refractivity contribution in [1.29, 1.82) is 0 Å². The summed E-state index contributed by atoms with van der Waals surface area (Å²) < 4.78 is 1.86. The Morgan fingerprint density at radius 3 is 2.39 bits per heavy atom. The smallest absolute Gasteiger partial charge is 0.305 e. The number of imidazole rings is 1. The molecule has 3 aromatic rings. The molecule has 187 valence electrons. The zero-order valence-corrected chi connectivity index (χ0v) is 23.0. The zero-order chi connectivity index (χ0) is 25.4. The molecule has 0 saturated carbocycles. The van der Waals surface area contributed by atoms with Crippen LogP contribution in [0.5, 0.6) is 0 Å². The second kappa shape index (κ2) is 14.2. The normalized spacial score (nSPS) is 12.6. The summed E-state index contributed by atoms with van der Waals surface area (Å²) in [4.78, 5) is 32.9. The summed E-state index contributed by atoms with van der Waals surface area (Å²) in [5.74, 6) is -1.16. The molecule has 2 atom stereocenters. The summed E-state index contributed by atoms with van der Waals surface area (Å²) in [5.41, 5.74) is 3.10. The number of pyridine rings is 1. The van der Waals surface area contributed by atoms with Gasteiger partial charge in [-0.25, -0.2) is 4.98 Å². The largest absolute Gasteiger partial charge is 0.481 e. The number of carbonyl (C=O) groups excluding carboxylic acids is 1. The van der Waals surface area contributed by atoms with Gasteiger partial charge in [0.25, 0.3) is 5.91 Å². The van der Waals surface area contributed by atoms with Gasteiger partial charge in [-0.15, -0.1) is 0 Å². The quantitative estimate of drug-likeness (QED) is 0.279. The Labute approximate surface area is 232 Å². The van der Waals surface area contributed by atoms with Crippen LogP contribution in [0.3, 0.4) is 0 Å². The third kappa shape index (κ3) is 8.25. The molecule has 0 aliphatic rings. The van der Waals surface area contributed by atoms with E-state index in [0.29, 0.717) is 18.7 Å². The van der Waals surface area contributed by atoms with Gasteiger partial charge in [0, 0.05) is 65.8 Å². The molecule has 0 unspecified atom stereocenters. The van der Waals surface area contributed by atoms with E-state index < -0.39 is 24.6 Å². The third-order valence-corrected chi connectivity index (χ3v) is 5.63. The number of nitrogens with one attached hydrogen (secondary N) is 1. The molecule has 0 saturated heterocycles. The van der Waals surface area contributed by atoms with Crippen LogP contribution in [0.4, 0.5) is 0 Å².